The highest BCUT2D eigenvalue weighted by Crippen LogP contribution is 2.56. The number of aromatic nitrogens is 3. The summed E-state index contributed by atoms with van der Waals surface area (Å²) in [5.74, 6) is -0.0164. The maximum absolute atomic E-state index is 12.7. The van der Waals surface area contributed by atoms with E-state index in [2.05, 4.69) is 15.2 Å². The van der Waals surface area contributed by atoms with E-state index in [1.54, 1.807) is 0 Å². The summed E-state index contributed by atoms with van der Waals surface area (Å²) < 4.78 is 12.8. The Balaban J connectivity index is 1.22. The van der Waals surface area contributed by atoms with Gasteiger partial charge in [-0.25, -0.2) is 4.68 Å². The fourth-order valence-corrected chi connectivity index (χ4v) is 5.52. The lowest BCUT2D eigenvalue weighted by Crippen LogP contribution is -2.53. The van der Waals surface area contributed by atoms with Crippen LogP contribution in [0.5, 0.6) is 0 Å². The molecule has 0 bridgehead atoms. The third-order valence-electron chi connectivity index (χ3n) is 7.47. The number of morpholine rings is 1. The summed E-state index contributed by atoms with van der Waals surface area (Å²) in [6, 6.07) is 1.09. The van der Waals surface area contributed by atoms with Gasteiger partial charge < -0.3 is 19.3 Å². The predicted octanol–water partition coefficient (Wildman–Crippen LogP) is 1.35. The standard InChI is InChI=1S/C20H31N5O3/c26-19(24-9-13-28-14-10-24)17-15-25(22-21-17)18-1-4-20(18)5-7-23(8-6-20)16-2-11-27-12-3-16/h15-16,18H,1-14H2. The van der Waals surface area contributed by atoms with Crippen LogP contribution in [0.1, 0.15) is 55.1 Å². The maximum Gasteiger partial charge on any atom is 0.276 e. The molecule has 0 radical (unpaired) electrons. The molecule has 4 aliphatic rings. The summed E-state index contributed by atoms with van der Waals surface area (Å²) >= 11 is 0. The highest BCUT2D eigenvalue weighted by atomic mass is 16.5. The Morgan fingerprint density at radius 3 is 2.36 bits per heavy atom. The SMILES string of the molecule is O=C(c1cn(C2CCC23CCN(C2CCOCC2)CC3)nn1)N1CCOCC1. The van der Waals surface area contributed by atoms with E-state index in [1.165, 1.54) is 45.2 Å². The Kier molecular flexibility index (Phi) is 5.11. The quantitative estimate of drug-likeness (QED) is 0.777. The average molecular weight is 390 g/mol. The van der Waals surface area contributed by atoms with E-state index < -0.39 is 0 Å². The second-order valence-electron chi connectivity index (χ2n) is 8.78. The lowest BCUT2D eigenvalue weighted by atomic mass is 9.59. The van der Waals surface area contributed by atoms with Gasteiger partial charge in [0.15, 0.2) is 5.69 Å². The minimum absolute atomic E-state index is 0.0164. The maximum atomic E-state index is 12.7. The monoisotopic (exact) mass is 389 g/mol. The summed E-state index contributed by atoms with van der Waals surface area (Å²) in [7, 11) is 0. The van der Waals surface area contributed by atoms with Crippen LogP contribution in [-0.2, 0) is 9.47 Å². The van der Waals surface area contributed by atoms with Gasteiger partial charge in [-0.3, -0.25) is 4.79 Å². The number of piperidine rings is 1. The first-order valence-corrected chi connectivity index (χ1v) is 10.9. The van der Waals surface area contributed by atoms with Crippen molar-refractivity contribution in [3.63, 3.8) is 0 Å². The highest BCUT2D eigenvalue weighted by molar-refractivity contribution is 5.92. The molecule has 1 aromatic rings. The lowest BCUT2D eigenvalue weighted by molar-refractivity contribution is -0.0547. The van der Waals surface area contributed by atoms with Crippen molar-refractivity contribution < 1.29 is 14.3 Å². The number of rotatable bonds is 3. The number of nitrogens with zero attached hydrogens (tertiary/aromatic N) is 5. The Morgan fingerprint density at radius 1 is 0.964 bits per heavy atom. The first kappa shape index (κ1) is 18.5. The van der Waals surface area contributed by atoms with Crippen LogP contribution in [0.25, 0.3) is 0 Å². The molecule has 1 aromatic heterocycles. The van der Waals surface area contributed by atoms with Crippen LogP contribution in [0.4, 0.5) is 0 Å². The molecule has 3 aliphatic heterocycles. The largest absolute Gasteiger partial charge is 0.381 e. The van der Waals surface area contributed by atoms with Crippen molar-refractivity contribution in [2.75, 3.05) is 52.6 Å². The van der Waals surface area contributed by atoms with E-state index in [-0.39, 0.29) is 5.91 Å². The van der Waals surface area contributed by atoms with Crippen LogP contribution in [0, 0.1) is 5.41 Å². The molecular formula is C20H31N5O3. The van der Waals surface area contributed by atoms with E-state index in [0.29, 0.717) is 49.5 Å². The lowest BCUT2D eigenvalue weighted by Gasteiger charge is -2.54. The van der Waals surface area contributed by atoms with Crippen LogP contribution >= 0.6 is 0 Å². The van der Waals surface area contributed by atoms with Crippen molar-refractivity contribution in [3.8, 4) is 0 Å². The van der Waals surface area contributed by atoms with E-state index in [0.717, 1.165) is 19.6 Å². The molecule has 1 spiro atoms. The van der Waals surface area contributed by atoms with Gasteiger partial charge in [-0.2, -0.15) is 0 Å². The minimum atomic E-state index is -0.0164. The van der Waals surface area contributed by atoms with Gasteiger partial charge in [0.25, 0.3) is 5.91 Å². The van der Waals surface area contributed by atoms with E-state index >= 15 is 0 Å². The molecule has 1 saturated carbocycles. The van der Waals surface area contributed by atoms with Crippen LogP contribution in [0.3, 0.4) is 0 Å². The Bertz CT molecular complexity index is 688. The molecule has 28 heavy (non-hydrogen) atoms. The summed E-state index contributed by atoms with van der Waals surface area (Å²) in [5, 5.41) is 8.59. The molecule has 1 atom stereocenters. The average Bonchev–Trinajstić information content (AvgIpc) is 3.23. The second kappa shape index (κ2) is 7.72. The number of hydrogen-bond donors (Lipinski definition) is 0. The highest BCUT2D eigenvalue weighted by Gasteiger charge is 2.50. The summed E-state index contributed by atoms with van der Waals surface area (Å²) in [6.07, 6.45) is 9.09. The molecule has 5 rings (SSSR count). The number of hydrogen-bond acceptors (Lipinski definition) is 6. The number of amides is 1. The Morgan fingerprint density at radius 2 is 1.68 bits per heavy atom. The number of carbonyl (C=O) groups is 1. The van der Waals surface area contributed by atoms with Crippen LogP contribution in [0.2, 0.25) is 0 Å². The molecule has 1 unspecified atom stereocenters. The molecule has 8 heteroatoms. The van der Waals surface area contributed by atoms with Gasteiger partial charge in [0.2, 0.25) is 0 Å². The van der Waals surface area contributed by atoms with Gasteiger partial charge >= 0.3 is 0 Å². The van der Waals surface area contributed by atoms with Gasteiger partial charge in [0.1, 0.15) is 0 Å². The van der Waals surface area contributed by atoms with Crippen LogP contribution < -0.4 is 0 Å². The van der Waals surface area contributed by atoms with Crippen molar-refractivity contribution in [3.05, 3.63) is 11.9 Å². The van der Waals surface area contributed by atoms with E-state index in [1.807, 2.05) is 15.8 Å². The van der Waals surface area contributed by atoms with E-state index in [9.17, 15) is 4.79 Å². The fraction of sp³-hybridized carbons (Fsp3) is 0.850. The van der Waals surface area contributed by atoms with Gasteiger partial charge in [-0.15, -0.1) is 5.10 Å². The summed E-state index contributed by atoms with van der Waals surface area (Å²) in [6.45, 7) is 6.67. The zero-order valence-electron chi connectivity index (χ0n) is 16.6. The van der Waals surface area contributed by atoms with Crippen molar-refractivity contribution >= 4 is 5.91 Å². The Labute approximate surface area is 166 Å². The zero-order chi connectivity index (χ0) is 19.0. The zero-order valence-corrected chi connectivity index (χ0v) is 16.6. The van der Waals surface area contributed by atoms with Crippen LogP contribution in [0.15, 0.2) is 6.20 Å². The van der Waals surface area contributed by atoms with Crippen molar-refractivity contribution in [1.29, 1.82) is 0 Å². The molecule has 4 fully saturated rings. The Hall–Kier alpha value is -1.51. The second-order valence-corrected chi connectivity index (χ2v) is 8.78. The van der Waals surface area contributed by atoms with Crippen LogP contribution in [-0.4, -0.2) is 89.3 Å². The predicted molar refractivity (Wildman–Crippen MR) is 102 cm³/mol. The first-order chi connectivity index (χ1) is 13.8. The molecule has 8 nitrogen and oxygen atoms in total. The molecule has 3 saturated heterocycles. The van der Waals surface area contributed by atoms with Gasteiger partial charge in [-0.05, 0) is 57.0 Å². The molecule has 4 heterocycles. The minimum Gasteiger partial charge on any atom is -0.381 e. The smallest absolute Gasteiger partial charge is 0.276 e. The molecular weight excluding hydrogens is 358 g/mol. The van der Waals surface area contributed by atoms with Gasteiger partial charge in [0.05, 0.1) is 25.5 Å². The first-order valence-electron chi connectivity index (χ1n) is 10.9. The van der Waals surface area contributed by atoms with E-state index in [4.69, 9.17) is 9.47 Å². The fourth-order valence-electron chi connectivity index (χ4n) is 5.52. The van der Waals surface area contributed by atoms with Gasteiger partial charge in [-0.1, -0.05) is 5.21 Å². The number of carbonyl (C=O) groups excluding carboxylic acids is 1. The molecule has 154 valence electrons. The molecule has 1 aliphatic carbocycles. The third-order valence-corrected chi connectivity index (χ3v) is 7.47. The number of likely N-dealkylation sites (tertiary alicyclic amines) is 1. The van der Waals surface area contributed by atoms with Gasteiger partial charge in [0, 0.05) is 32.3 Å². The molecule has 1 amide bonds. The normalized spacial score (nSPS) is 29.0. The third kappa shape index (κ3) is 3.35. The summed E-state index contributed by atoms with van der Waals surface area (Å²) in [5.41, 5.74) is 0.817. The molecule has 0 N–H and O–H groups in total. The molecule has 0 aromatic carbocycles. The van der Waals surface area contributed by atoms with Crippen molar-refractivity contribution in [1.82, 2.24) is 24.8 Å². The van der Waals surface area contributed by atoms with Crippen molar-refractivity contribution in [2.24, 2.45) is 5.41 Å². The topological polar surface area (TPSA) is 72.7 Å². The van der Waals surface area contributed by atoms with Crippen molar-refractivity contribution in [2.45, 2.75) is 50.6 Å². The summed E-state index contributed by atoms with van der Waals surface area (Å²) in [4.78, 5) is 17.2. The number of ether oxygens (including phenoxy) is 2.